The Morgan fingerprint density at radius 1 is 0.966 bits per heavy atom. The van der Waals surface area contributed by atoms with Gasteiger partial charge in [0.1, 0.15) is 6.04 Å². The van der Waals surface area contributed by atoms with Gasteiger partial charge in [-0.2, -0.15) is 0 Å². The molecule has 1 aromatic heterocycles. The van der Waals surface area contributed by atoms with Gasteiger partial charge in [-0.15, -0.1) is 0 Å². The number of nitrogens with one attached hydrogen (secondary N) is 2. The van der Waals surface area contributed by atoms with Crippen molar-refractivity contribution in [1.29, 1.82) is 0 Å². The second kappa shape index (κ2) is 8.22. The molecule has 0 radical (unpaired) electrons. The largest absolute Gasteiger partial charge is 0.338 e. The highest BCUT2D eigenvalue weighted by Gasteiger charge is 2.35. The molecule has 3 heterocycles. The minimum Gasteiger partial charge on any atom is -0.338 e. The van der Waals surface area contributed by atoms with E-state index >= 15 is 0 Å². The van der Waals surface area contributed by atoms with Crippen molar-refractivity contribution in [3.05, 3.63) is 65.5 Å². The molecule has 7 nitrogen and oxygen atoms in total. The summed E-state index contributed by atoms with van der Waals surface area (Å²) >= 11 is 0. The van der Waals surface area contributed by atoms with E-state index in [-0.39, 0.29) is 29.5 Å². The molecule has 2 N–H and O–H groups in total. The van der Waals surface area contributed by atoms with Crippen LogP contribution < -0.4 is 10.9 Å². The standard InChI is InChI=1S/C20H21F2N5O2/c21-14-5-4-13(11-15(14)22)19(28)26-7-9-27(10-8-26)20(29)18-12-17(24-25-18)16-3-1-2-6-23-16/h1-6,11,17-18,24-25H,7-10,12H2. The molecular weight excluding hydrogens is 380 g/mol. The summed E-state index contributed by atoms with van der Waals surface area (Å²) in [4.78, 5) is 32.9. The van der Waals surface area contributed by atoms with Gasteiger partial charge in [-0.1, -0.05) is 6.07 Å². The lowest BCUT2D eigenvalue weighted by Gasteiger charge is -2.36. The summed E-state index contributed by atoms with van der Waals surface area (Å²) in [6.07, 6.45) is 2.30. The highest BCUT2D eigenvalue weighted by molar-refractivity contribution is 5.94. The molecular formula is C20H21F2N5O2. The van der Waals surface area contributed by atoms with Crippen LogP contribution in [0.1, 0.15) is 28.5 Å². The molecule has 0 aliphatic carbocycles. The van der Waals surface area contributed by atoms with Crippen LogP contribution in [0.3, 0.4) is 0 Å². The highest BCUT2D eigenvalue weighted by atomic mass is 19.2. The van der Waals surface area contributed by atoms with Gasteiger partial charge in [-0.3, -0.25) is 14.6 Å². The van der Waals surface area contributed by atoms with Crippen LogP contribution in [0.15, 0.2) is 42.6 Å². The zero-order valence-electron chi connectivity index (χ0n) is 15.6. The van der Waals surface area contributed by atoms with Crippen LogP contribution in [-0.2, 0) is 4.79 Å². The maximum atomic E-state index is 13.4. The van der Waals surface area contributed by atoms with Crippen LogP contribution in [0.2, 0.25) is 0 Å². The van der Waals surface area contributed by atoms with Crippen LogP contribution >= 0.6 is 0 Å². The van der Waals surface area contributed by atoms with Crippen LogP contribution in [0.5, 0.6) is 0 Å². The van der Waals surface area contributed by atoms with E-state index in [4.69, 9.17) is 0 Å². The van der Waals surface area contributed by atoms with Gasteiger partial charge in [0, 0.05) is 37.9 Å². The van der Waals surface area contributed by atoms with E-state index in [1.807, 2.05) is 18.2 Å². The fourth-order valence-corrected chi connectivity index (χ4v) is 3.66. The number of piperazine rings is 1. The average molecular weight is 401 g/mol. The molecule has 9 heteroatoms. The topological polar surface area (TPSA) is 77.6 Å². The van der Waals surface area contributed by atoms with Gasteiger partial charge >= 0.3 is 0 Å². The minimum absolute atomic E-state index is 0.0316. The third kappa shape index (κ3) is 4.10. The zero-order valence-corrected chi connectivity index (χ0v) is 15.6. The number of carbonyl (C=O) groups is 2. The maximum Gasteiger partial charge on any atom is 0.254 e. The molecule has 2 aromatic rings. The summed E-state index contributed by atoms with van der Waals surface area (Å²) in [7, 11) is 0. The molecule has 4 rings (SSSR count). The fraction of sp³-hybridized carbons (Fsp3) is 0.350. The minimum atomic E-state index is -1.05. The number of carbonyl (C=O) groups excluding carboxylic acids is 2. The summed E-state index contributed by atoms with van der Waals surface area (Å²) in [5.41, 5.74) is 7.12. The average Bonchev–Trinajstić information content (AvgIpc) is 3.26. The van der Waals surface area contributed by atoms with E-state index in [1.165, 1.54) is 6.07 Å². The lowest BCUT2D eigenvalue weighted by atomic mass is 10.1. The van der Waals surface area contributed by atoms with Crippen molar-refractivity contribution < 1.29 is 18.4 Å². The second-order valence-electron chi connectivity index (χ2n) is 7.13. The number of rotatable bonds is 3. The van der Waals surface area contributed by atoms with Crippen LogP contribution in [0.25, 0.3) is 0 Å². The Kier molecular flexibility index (Phi) is 5.50. The SMILES string of the molecule is O=C(c1ccc(F)c(F)c1)N1CCN(C(=O)C2CC(c3ccccn3)NN2)CC1. The molecule has 152 valence electrons. The Balaban J connectivity index is 1.32. The lowest BCUT2D eigenvalue weighted by Crippen LogP contribution is -2.54. The molecule has 2 fully saturated rings. The number of benzene rings is 1. The zero-order chi connectivity index (χ0) is 20.4. The van der Waals surface area contributed by atoms with Crippen molar-refractivity contribution in [3.8, 4) is 0 Å². The predicted molar refractivity (Wildman–Crippen MR) is 100 cm³/mol. The molecule has 2 saturated heterocycles. The van der Waals surface area contributed by atoms with E-state index < -0.39 is 11.6 Å². The Morgan fingerprint density at radius 2 is 1.72 bits per heavy atom. The third-order valence-electron chi connectivity index (χ3n) is 5.29. The summed E-state index contributed by atoms with van der Waals surface area (Å²) in [5, 5.41) is 0. The van der Waals surface area contributed by atoms with Gasteiger partial charge in [0.05, 0.1) is 11.7 Å². The van der Waals surface area contributed by atoms with Gasteiger partial charge in [-0.25, -0.2) is 19.6 Å². The molecule has 0 saturated carbocycles. The van der Waals surface area contributed by atoms with Crippen molar-refractivity contribution >= 4 is 11.8 Å². The number of nitrogens with zero attached hydrogens (tertiary/aromatic N) is 3. The first-order valence-corrected chi connectivity index (χ1v) is 9.48. The smallest absolute Gasteiger partial charge is 0.254 e. The van der Waals surface area contributed by atoms with Gasteiger partial charge in [0.2, 0.25) is 5.91 Å². The van der Waals surface area contributed by atoms with Crippen molar-refractivity contribution in [2.75, 3.05) is 26.2 Å². The van der Waals surface area contributed by atoms with Crippen LogP contribution in [-0.4, -0.2) is 58.8 Å². The third-order valence-corrected chi connectivity index (χ3v) is 5.29. The van der Waals surface area contributed by atoms with Gasteiger partial charge in [0.15, 0.2) is 11.6 Å². The monoisotopic (exact) mass is 401 g/mol. The normalized spacial score (nSPS) is 22.0. The van der Waals surface area contributed by atoms with Crippen LogP contribution in [0, 0.1) is 11.6 Å². The molecule has 2 aliphatic rings. The second-order valence-corrected chi connectivity index (χ2v) is 7.13. The number of aromatic nitrogens is 1. The first kappa shape index (κ1) is 19.4. The van der Waals surface area contributed by atoms with Crippen LogP contribution in [0.4, 0.5) is 8.78 Å². The van der Waals surface area contributed by atoms with Gasteiger partial charge in [-0.05, 0) is 36.8 Å². The van der Waals surface area contributed by atoms with E-state index in [1.54, 1.807) is 16.0 Å². The molecule has 2 atom stereocenters. The van der Waals surface area contributed by atoms with Gasteiger partial charge in [0.25, 0.3) is 5.91 Å². The molecule has 2 unspecified atom stereocenters. The number of hydrazine groups is 1. The van der Waals surface area contributed by atoms with Crippen molar-refractivity contribution in [2.24, 2.45) is 0 Å². The fourth-order valence-electron chi connectivity index (χ4n) is 3.66. The van der Waals surface area contributed by atoms with E-state index in [2.05, 4.69) is 15.8 Å². The quantitative estimate of drug-likeness (QED) is 0.810. The first-order valence-electron chi connectivity index (χ1n) is 9.48. The Labute approximate surface area is 166 Å². The van der Waals surface area contributed by atoms with E-state index in [0.29, 0.717) is 32.6 Å². The van der Waals surface area contributed by atoms with Crippen molar-refractivity contribution in [2.45, 2.75) is 18.5 Å². The summed E-state index contributed by atoms with van der Waals surface area (Å²) in [6, 6.07) is 8.37. The van der Waals surface area contributed by atoms with E-state index in [0.717, 1.165) is 17.8 Å². The summed E-state index contributed by atoms with van der Waals surface area (Å²) in [6.45, 7) is 1.46. The van der Waals surface area contributed by atoms with Crippen molar-refractivity contribution in [3.63, 3.8) is 0 Å². The molecule has 1 aromatic carbocycles. The predicted octanol–water partition coefficient (Wildman–Crippen LogP) is 1.25. The Bertz CT molecular complexity index is 903. The lowest BCUT2D eigenvalue weighted by molar-refractivity contribution is -0.134. The molecule has 29 heavy (non-hydrogen) atoms. The number of halogens is 2. The number of amides is 2. The Hall–Kier alpha value is -2.91. The number of hydrogen-bond donors (Lipinski definition) is 2. The van der Waals surface area contributed by atoms with Crippen molar-refractivity contribution in [1.82, 2.24) is 25.6 Å². The number of hydrogen-bond acceptors (Lipinski definition) is 5. The summed E-state index contributed by atoms with van der Waals surface area (Å²) in [5.74, 6) is -2.44. The molecule has 2 amide bonds. The first-order chi connectivity index (χ1) is 14.0. The molecule has 0 spiro atoms. The Morgan fingerprint density at radius 3 is 2.41 bits per heavy atom. The number of pyridine rings is 1. The van der Waals surface area contributed by atoms with Gasteiger partial charge < -0.3 is 9.80 Å². The summed E-state index contributed by atoms with van der Waals surface area (Å²) < 4.78 is 26.5. The highest BCUT2D eigenvalue weighted by Crippen LogP contribution is 2.22. The van der Waals surface area contributed by atoms with E-state index in [9.17, 15) is 18.4 Å². The molecule has 2 aliphatic heterocycles. The molecule has 0 bridgehead atoms. The maximum absolute atomic E-state index is 13.4.